The van der Waals surface area contributed by atoms with Gasteiger partial charge in [-0.05, 0) is 89.2 Å². The lowest BCUT2D eigenvalue weighted by Crippen LogP contribution is -2.06. The van der Waals surface area contributed by atoms with Crippen molar-refractivity contribution in [3.05, 3.63) is 130 Å². The van der Waals surface area contributed by atoms with Gasteiger partial charge >= 0.3 is 0 Å². The molecule has 0 aromatic heterocycles. The largest absolute Gasteiger partial charge is 0.399 e. The van der Waals surface area contributed by atoms with Crippen LogP contribution in [-0.4, -0.2) is 0 Å². The first-order valence-electron chi connectivity index (χ1n) is 16.4. The topological polar surface area (TPSA) is 52.0 Å². The summed E-state index contributed by atoms with van der Waals surface area (Å²) in [6.07, 6.45) is 12.5. The molecule has 4 N–H and O–H groups in total. The Balaban J connectivity index is 1.49. The highest BCUT2D eigenvalue weighted by atomic mass is 14.5. The summed E-state index contributed by atoms with van der Waals surface area (Å²) in [6.45, 7) is 6.83. The van der Waals surface area contributed by atoms with Crippen LogP contribution in [0, 0.1) is 0 Å². The summed E-state index contributed by atoms with van der Waals surface area (Å²) >= 11 is 0. The van der Waals surface area contributed by atoms with Crippen LogP contribution in [0.1, 0.15) is 130 Å². The molecule has 0 aliphatic carbocycles. The summed E-state index contributed by atoms with van der Waals surface area (Å²) in [6, 6.07) is 35.8. The molecule has 3 unspecified atom stereocenters. The SMILES string of the molecule is CCCCCCCCC(Cc1ccc(C(CC)c2ccc(N)cc2)cc1)c1ccc(C(CC)c2ccc(N)cc2)cc1. The van der Waals surface area contributed by atoms with E-state index in [0.717, 1.165) is 30.6 Å². The highest BCUT2D eigenvalue weighted by molar-refractivity contribution is 5.44. The van der Waals surface area contributed by atoms with E-state index >= 15 is 0 Å². The molecule has 2 nitrogen and oxygen atoms in total. The quantitative estimate of drug-likeness (QED) is 0.106. The van der Waals surface area contributed by atoms with Crippen LogP contribution >= 0.6 is 0 Å². The highest BCUT2D eigenvalue weighted by Crippen LogP contribution is 2.33. The van der Waals surface area contributed by atoms with Crippen molar-refractivity contribution in [2.75, 3.05) is 11.5 Å². The third-order valence-corrected chi connectivity index (χ3v) is 9.07. The highest BCUT2D eigenvalue weighted by Gasteiger charge is 2.17. The molecule has 0 heterocycles. The number of benzene rings is 4. The average molecular weight is 561 g/mol. The van der Waals surface area contributed by atoms with E-state index in [2.05, 4.69) is 93.6 Å². The average Bonchev–Trinajstić information content (AvgIpc) is 3.02. The summed E-state index contributed by atoms with van der Waals surface area (Å²) < 4.78 is 0. The lowest BCUT2D eigenvalue weighted by atomic mass is 9.83. The van der Waals surface area contributed by atoms with Crippen LogP contribution in [0.2, 0.25) is 0 Å². The number of hydrogen-bond donors (Lipinski definition) is 2. The van der Waals surface area contributed by atoms with Gasteiger partial charge in [0.1, 0.15) is 0 Å². The van der Waals surface area contributed by atoms with Gasteiger partial charge in [0.25, 0.3) is 0 Å². The molecule has 0 aliphatic heterocycles. The van der Waals surface area contributed by atoms with Crippen molar-refractivity contribution >= 4 is 11.4 Å². The van der Waals surface area contributed by atoms with Crippen molar-refractivity contribution in [3.8, 4) is 0 Å². The number of anilines is 2. The summed E-state index contributed by atoms with van der Waals surface area (Å²) in [4.78, 5) is 0. The van der Waals surface area contributed by atoms with E-state index in [1.165, 1.54) is 78.3 Å². The summed E-state index contributed by atoms with van der Waals surface area (Å²) in [5.74, 6) is 1.34. The van der Waals surface area contributed by atoms with Crippen LogP contribution < -0.4 is 11.5 Å². The van der Waals surface area contributed by atoms with E-state index in [4.69, 9.17) is 11.5 Å². The molecule has 222 valence electrons. The fraction of sp³-hybridized carbons (Fsp3) is 0.400. The Bertz CT molecular complexity index is 1300. The molecule has 0 radical (unpaired) electrons. The third kappa shape index (κ3) is 8.74. The van der Waals surface area contributed by atoms with E-state index in [1.54, 1.807) is 0 Å². The van der Waals surface area contributed by atoms with Crippen LogP contribution in [0.5, 0.6) is 0 Å². The zero-order valence-electron chi connectivity index (χ0n) is 26.2. The van der Waals surface area contributed by atoms with Gasteiger partial charge in [0.2, 0.25) is 0 Å². The number of nitrogen functional groups attached to an aromatic ring is 2. The van der Waals surface area contributed by atoms with E-state index in [1.807, 2.05) is 24.3 Å². The van der Waals surface area contributed by atoms with E-state index in [-0.39, 0.29) is 0 Å². The van der Waals surface area contributed by atoms with Gasteiger partial charge in [-0.2, -0.15) is 0 Å². The Hall–Kier alpha value is -3.52. The van der Waals surface area contributed by atoms with Crippen LogP contribution in [0.25, 0.3) is 0 Å². The molecule has 0 fully saturated rings. The normalized spacial score (nSPS) is 13.5. The molecule has 0 aliphatic rings. The zero-order valence-corrected chi connectivity index (χ0v) is 26.2. The number of rotatable bonds is 16. The van der Waals surface area contributed by atoms with Crippen molar-refractivity contribution in [1.82, 2.24) is 0 Å². The molecule has 3 atom stereocenters. The molecule has 4 aromatic carbocycles. The lowest BCUT2D eigenvalue weighted by Gasteiger charge is -2.21. The van der Waals surface area contributed by atoms with E-state index in [9.17, 15) is 0 Å². The molecule has 2 heteroatoms. The Morgan fingerprint density at radius 2 is 0.833 bits per heavy atom. The Kier molecular flexibility index (Phi) is 12.1. The van der Waals surface area contributed by atoms with Gasteiger partial charge in [0.15, 0.2) is 0 Å². The zero-order chi connectivity index (χ0) is 29.7. The molecule has 42 heavy (non-hydrogen) atoms. The number of hydrogen-bond acceptors (Lipinski definition) is 2. The minimum atomic E-state index is 0.400. The molecule has 0 spiro atoms. The van der Waals surface area contributed by atoms with Crippen molar-refractivity contribution < 1.29 is 0 Å². The first-order chi connectivity index (χ1) is 20.5. The Labute approximate surface area is 255 Å². The van der Waals surface area contributed by atoms with Crippen LogP contribution in [0.3, 0.4) is 0 Å². The van der Waals surface area contributed by atoms with Crippen LogP contribution in [0.4, 0.5) is 11.4 Å². The second-order valence-corrected chi connectivity index (χ2v) is 12.1. The van der Waals surface area contributed by atoms with Gasteiger partial charge < -0.3 is 11.5 Å². The monoisotopic (exact) mass is 560 g/mol. The molecular weight excluding hydrogens is 508 g/mol. The second kappa shape index (κ2) is 16.2. The maximum absolute atomic E-state index is 5.95. The molecular formula is C40H52N2. The predicted molar refractivity (Wildman–Crippen MR) is 183 cm³/mol. The molecule has 0 amide bonds. The van der Waals surface area contributed by atoms with Gasteiger partial charge in [-0.3, -0.25) is 0 Å². The summed E-state index contributed by atoms with van der Waals surface area (Å²) in [5, 5.41) is 0. The second-order valence-electron chi connectivity index (χ2n) is 12.1. The van der Waals surface area contributed by atoms with Crippen LogP contribution in [0.15, 0.2) is 97.1 Å². The maximum Gasteiger partial charge on any atom is 0.0314 e. The van der Waals surface area contributed by atoms with E-state index in [0.29, 0.717) is 17.8 Å². The molecule has 4 rings (SSSR count). The Morgan fingerprint density at radius 1 is 0.452 bits per heavy atom. The first-order valence-corrected chi connectivity index (χ1v) is 16.4. The standard InChI is InChI=1S/C40H52N2/c1-4-7-8-9-10-11-12-36(31-17-19-33(20-18-31)40(6-3)35-23-27-38(42)28-24-35)29-30-13-15-32(16-14-30)39(5-2)34-21-25-37(41)26-22-34/h13-28,36,39-40H,4-12,29,41-42H2,1-3H3. The van der Waals surface area contributed by atoms with Gasteiger partial charge in [0.05, 0.1) is 0 Å². The van der Waals surface area contributed by atoms with Crippen molar-refractivity contribution in [2.24, 2.45) is 0 Å². The van der Waals surface area contributed by atoms with Gasteiger partial charge in [-0.25, -0.2) is 0 Å². The minimum Gasteiger partial charge on any atom is -0.399 e. The van der Waals surface area contributed by atoms with Crippen molar-refractivity contribution in [1.29, 1.82) is 0 Å². The maximum atomic E-state index is 5.95. The number of nitrogens with two attached hydrogens (primary N) is 2. The lowest BCUT2D eigenvalue weighted by molar-refractivity contribution is 0.536. The molecule has 0 saturated heterocycles. The fourth-order valence-corrected chi connectivity index (χ4v) is 6.51. The van der Waals surface area contributed by atoms with Gasteiger partial charge in [-0.15, -0.1) is 0 Å². The van der Waals surface area contributed by atoms with Gasteiger partial charge in [-0.1, -0.05) is 132 Å². The van der Waals surface area contributed by atoms with Gasteiger partial charge in [0, 0.05) is 23.2 Å². The molecule has 0 saturated carbocycles. The molecule has 4 aromatic rings. The minimum absolute atomic E-state index is 0.400. The number of unbranched alkanes of at least 4 members (excludes halogenated alkanes) is 5. The summed E-state index contributed by atoms with van der Waals surface area (Å²) in [7, 11) is 0. The van der Waals surface area contributed by atoms with E-state index < -0.39 is 0 Å². The summed E-state index contributed by atoms with van der Waals surface area (Å²) in [5.41, 5.74) is 21.9. The van der Waals surface area contributed by atoms with Crippen LogP contribution in [-0.2, 0) is 6.42 Å². The smallest absolute Gasteiger partial charge is 0.0314 e. The Morgan fingerprint density at radius 3 is 1.29 bits per heavy atom. The molecule has 0 bridgehead atoms. The third-order valence-electron chi connectivity index (χ3n) is 9.07. The predicted octanol–water partition coefficient (Wildman–Crippen LogP) is 11.0. The fourth-order valence-electron chi connectivity index (χ4n) is 6.51. The van der Waals surface area contributed by atoms with Crippen molar-refractivity contribution in [2.45, 2.75) is 103 Å². The van der Waals surface area contributed by atoms with Crippen molar-refractivity contribution in [3.63, 3.8) is 0 Å². The first kappa shape index (κ1) is 31.4.